The maximum Gasteiger partial charge on any atom is 0.127 e. The van der Waals surface area contributed by atoms with Crippen LogP contribution in [0.3, 0.4) is 0 Å². The predicted molar refractivity (Wildman–Crippen MR) is 82.0 cm³/mol. The number of rotatable bonds is 2. The van der Waals surface area contributed by atoms with Gasteiger partial charge in [-0.25, -0.2) is 4.39 Å². The first-order chi connectivity index (χ1) is 9.58. The summed E-state index contributed by atoms with van der Waals surface area (Å²) in [7, 11) is 0. The van der Waals surface area contributed by atoms with Crippen molar-refractivity contribution in [2.45, 2.75) is 13.0 Å². The zero-order valence-electron chi connectivity index (χ0n) is 10.7. The number of fused-ring (bicyclic) bond motifs is 1. The van der Waals surface area contributed by atoms with Crippen molar-refractivity contribution in [1.82, 2.24) is 0 Å². The summed E-state index contributed by atoms with van der Waals surface area (Å²) < 4.78 is 14.6. The molecule has 3 rings (SSSR count). The zero-order chi connectivity index (χ0) is 14.3. The standard InChI is InChI=1S/C16H12ClFOS/c1-9-6-11(13(17)7-14(9)18)16(19)12-8-20-15-5-3-2-4-10(12)15/h2-8,16,19H,1H3. The van der Waals surface area contributed by atoms with Crippen LogP contribution in [0, 0.1) is 12.7 Å². The fraction of sp³-hybridized carbons (Fsp3) is 0.125. The lowest BCUT2D eigenvalue weighted by Gasteiger charge is -2.13. The van der Waals surface area contributed by atoms with Gasteiger partial charge in [-0.3, -0.25) is 0 Å². The molecule has 0 amide bonds. The van der Waals surface area contributed by atoms with E-state index in [0.29, 0.717) is 11.1 Å². The number of hydrogen-bond donors (Lipinski definition) is 1. The Kier molecular flexibility index (Phi) is 3.50. The van der Waals surface area contributed by atoms with Gasteiger partial charge in [-0.1, -0.05) is 29.8 Å². The molecule has 0 saturated heterocycles. The summed E-state index contributed by atoms with van der Waals surface area (Å²) in [6.45, 7) is 1.66. The van der Waals surface area contributed by atoms with Crippen LogP contribution in [-0.4, -0.2) is 5.11 Å². The molecular weight excluding hydrogens is 295 g/mol. The van der Waals surface area contributed by atoms with Gasteiger partial charge in [0.2, 0.25) is 0 Å². The second kappa shape index (κ2) is 5.17. The van der Waals surface area contributed by atoms with E-state index in [0.717, 1.165) is 15.6 Å². The molecule has 0 radical (unpaired) electrons. The fourth-order valence-electron chi connectivity index (χ4n) is 2.27. The lowest BCUT2D eigenvalue weighted by Crippen LogP contribution is -2.01. The largest absolute Gasteiger partial charge is 0.384 e. The Morgan fingerprint density at radius 3 is 2.75 bits per heavy atom. The number of thiophene rings is 1. The first-order valence-corrected chi connectivity index (χ1v) is 7.43. The van der Waals surface area contributed by atoms with Crippen LogP contribution in [0.2, 0.25) is 5.02 Å². The van der Waals surface area contributed by atoms with Crippen LogP contribution < -0.4 is 0 Å². The zero-order valence-corrected chi connectivity index (χ0v) is 12.3. The smallest absolute Gasteiger partial charge is 0.127 e. The molecule has 102 valence electrons. The summed E-state index contributed by atoms with van der Waals surface area (Å²) in [5.41, 5.74) is 1.82. The minimum atomic E-state index is -0.849. The molecule has 1 atom stereocenters. The third kappa shape index (κ3) is 2.22. The average molecular weight is 307 g/mol. The molecule has 0 bridgehead atoms. The van der Waals surface area contributed by atoms with Crippen molar-refractivity contribution in [1.29, 1.82) is 0 Å². The third-order valence-electron chi connectivity index (χ3n) is 3.38. The number of halogens is 2. The van der Waals surface area contributed by atoms with Crippen molar-refractivity contribution >= 4 is 33.0 Å². The topological polar surface area (TPSA) is 20.2 Å². The Balaban J connectivity index is 2.13. The first-order valence-electron chi connectivity index (χ1n) is 6.17. The molecule has 1 heterocycles. The summed E-state index contributed by atoms with van der Waals surface area (Å²) >= 11 is 7.64. The number of hydrogen-bond acceptors (Lipinski definition) is 2. The lowest BCUT2D eigenvalue weighted by atomic mass is 9.99. The van der Waals surface area contributed by atoms with Crippen molar-refractivity contribution in [3.63, 3.8) is 0 Å². The van der Waals surface area contributed by atoms with E-state index >= 15 is 0 Å². The fourth-order valence-corrected chi connectivity index (χ4v) is 3.50. The summed E-state index contributed by atoms with van der Waals surface area (Å²) in [4.78, 5) is 0. The lowest BCUT2D eigenvalue weighted by molar-refractivity contribution is 0.222. The normalized spacial score (nSPS) is 12.8. The van der Waals surface area contributed by atoms with Crippen molar-refractivity contribution in [2.24, 2.45) is 0 Å². The van der Waals surface area contributed by atoms with Gasteiger partial charge in [0.25, 0.3) is 0 Å². The van der Waals surface area contributed by atoms with Crippen molar-refractivity contribution in [3.05, 3.63) is 69.3 Å². The predicted octanol–water partition coefficient (Wildman–Crippen LogP) is 5.08. The second-order valence-corrected chi connectivity index (χ2v) is 6.03. The van der Waals surface area contributed by atoms with E-state index in [-0.39, 0.29) is 10.8 Å². The molecule has 0 aliphatic carbocycles. The van der Waals surface area contributed by atoms with Crippen LogP contribution in [-0.2, 0) is 0 Å². The van der Waals surface area contributed by atoms with E-state index < -0.39 is 6.10 Å². The molecule has 1 nitrogen and oxygen atoms in total. The van der Waals surface area contributed by atoms with Gasteiger partial charge in [0, 0.05) is 20.8 Å². The first kappa shape index (κ1) is 13.6. The number of aliphatic hydroxyl groups is 1. The van der Waals surface area contributed by atoms with Gasteiger partial charge in [0.1, 0.15) is 11.9 Å². The van der Waals surface area contributed by atoms with E-state index in [1.54, 1.807) is 24.3 Å². The number of benzene rings is 2. The third-order valence-corrected chi connectivity index (χ3v) is 4.69. The molecule has 0 saturated carbocycles. The molecule has 0 aliphatic heterocycles. The summed E-state index contributed by atoms with van der Waals surface area (Å²) in [6.07, 6.45) is -0.849. The number of aliphatic hydroxyl groups excluding tert-OH is 1. The van der Waals surface area contributed by atoms with Gasteiger partial charge in [-0.2, -0.15) is 0 Å². The van der Waals surface area contributed by atoms with Crippen molar-refractivity contribution < 1.29 is 9.50 Å². The Morgan fingerprint density at radius 2 is 1.95 bits per heavy atom. The second-order valence-electron chi connectivity index (χ2n) is 4.71. The molecular formula is C16H12ClFOS. The molecule has 4 heteroatoms. The van der Waals surface area contributed by atoms with Gasteiger partial charge in [0.15, 0.2) is 0 Å². The van der Waals surface area contributed by atoms with Crippen LogP contribution in [0.5, 0.6) is 0 Å². The highest BCUT2D eigenvalue weighted by Crippen LogP contribution is 2.36. The number of aryl methyl sites for hydroxylation is 1. The van der Waals surface area contributed by atoms with Crippen LogP contribution in [0.25, 0.3) is 10.1 Å². The van der Waals surface area contributed by atoms with E-state index in [1.807, 2.05) is 29.6 Å². The molecule has 0 fully saturated rings. The Hall–Kier alpha value is -1.42. The minimum Gasteiger partial charge on any atom is -0.384 e. The Morgan fingerprint density at radius 1 is 1.20 bits per heavy atom. The van der Waals surface area contributed by atoms with Crippen LogP contribution in [0.15, 0.2) is 41.8 Å². The molecule has 0 aliphatic rings. The van der Waals surface area contributed by atoms with Crippen molar-refractivity contribution in [3.8, 4) is 0 Å². The van der Waals surface area contributed by atoms with Gasteiger partial charge in [-0.15, -0.1) is 11.3 Å². The summed E-state index contributed by atoms with van der Waals surface area (Å²) in [5.74, 6) is -0.360. The Bertz CT molecular complexity index is 781. The van der Waals surface area contributed by atoms with E-state index in [4.69, 9.17) is 11.6 Å². The molecule has 1 N–H and O–H groups in total. The molecule has 2 aromatic carbocycles. The van der Waals surface area contributed by atoms with Crippen LogP contribution in [0.4, 0.5) is 4.39 Å². The van der Waals surface area contributed by atoms with Gasteiger partial charge >= 0.3 is 0 Å². The van der Waals surface area contributed by atoms with E-state index in [2.05, 4.69) is 0 Å². The maximum absolute atomic E-state index is 13.5. The highest BCUT2D eigenvalue weighted by Gasteiger charge is 2.19. The molecule has 3 aromatic rings. The van der Waals surface area contributed by atoms with Gasteiger partial charge in [-0.05, 0) is 41.5 Å². The monoisotopic (exact) mass is 306 g/mol. The average Bonchev–Trinajstić information content (AvgIpc) is 2.86. The van der Waals surface area contributed by atoms with E-state index in [9.17, 15) is 9.50 Å². The van der Waals surface area contributed by atoms with Crippen LogP contribution in [0.1, 0.15) is 22.8 Å². The quantitative estimate of drug-likeness (QED) is 0.699. The molecule has 1 unspecified atom stereocenters. The molecule has 20 heavy (non-hydrogen) atoms. The minimum absolute atomic E-state index is 0.246. The highest BCUT2D eigenvalue weighted by atomic mass is 35.5. The maximum atomic E-state index is 13.5. The molecule has 0 spiro atoms. The van der Waals surface area contributed by atoms with Crippen LogP contribution >= 0.6 is 22.9 Å². The van der Waals surface area contributed by atoms with E-state index in [1.165, 1.54) is 6.07 Å². The van der Waals surface area contributed by atoms with Crippen molar-refractivity contribution in [2.75, 3.05) is 0 Å². The SMILES string of the molecule is Cc1cc(C(O)c2csc3ccccc23)c(Cl)cc1F. The Labute approximate surface area is 125 Å². The highest BCUT2D eigenvalue weighted by molar-refractivity contribution is 7.17. The summed E-state index contributed by atoms with van der Waals surface area (Å²) in [5, 5.41) is 13.7. The van der Waals surface area contributed by atoms with Gasteiger partial charge in [0.05, 0.1) is 0 Å². The molecule has 1 aromatic heterocycles. The summed E-state index contributed by atoms with van der Waals surface area (Å²) in [6, 6.07) is 10.7. The van der Waals surface area contributed by atoms with Gasteiger partial charge < -0.3 is 5.11 Å².